The van der Waals surface area contributed by atoms with Crippen LogP contribution in [-0.2, 0) is 5.41 Å². The highest BCUT2D eigenvalue weighted by atomic mass is 14.4. The molecule has 0 amide bonds. The molecule has 0 atom stereocenters. The van der Waals surface area contributed by atoms with Crippen molar-refractivity contribution in [3.8, 4) is 11.1 Å². The Hall–Kier alpha value is -2.08. The van der Waals surface area contributed by atoms with E-state index in [0.29, 0.717) is 0 Å². The third-order valence-corrected chi connectivity index (χ3v) is 4.35. The van der Waals surface area contributed by atoms with Crippen LogP contribution in [0.15, 0.2) is 54.6 Å². The van der Waals surface area contributed by atoms with E-state index in [2.05, 4.69) is 68.4 Å². The predicted molar refractivity (Wildman–Crippen MR) is 80.3 cm³/mol. The Balaban J connectivity index is 2.20. The van der Waals surface area contributed by atoms with Crippen molar-refractivity contribution in [2.24, 2.45) is 0 Å². The predicted octanol–water partition coefficient (Wildman–Crippen LogP) is 4.95. The van der Waals surface area contributed by atoms with E-state index in [1.54, 1.807) is 0 Å². The fourth-order valence-electron chi connectivity index (χ4n) is 3.47. The van der Waals surface area contributed by atoms with Crippen LogP contribution in [0.2, 0.25) is 0 Å². The van der Waals surface area contributed by atoms with Gasteiger partial charge >= 0.3 is 0 Å². The largest absolute Gasteiger partial charge is 0.0616 e. The smallest absolute Gasteiger partial charge is 0.0165 e. The zero-order chi connectivity index (χ0) is 13.0. The van der Waals surface area contributed by atoms with E-state index in [0.717, 1.165) is 0 Å². The molecule has 91 valence electrons. The van der Waals surface area contributed by atoms with Crippen molar-refractivity contribution in [3.05, 3.63) is 71.8 Å². The van der Waals surface area contributed by atoms with Gasteiger partial charge in [-0.3, -0.25) is 0 Å². The van der Waals surface area contributed by atoms with Crippen LogP contribution in [0.4, 0.5) is 0 Å². The molecule has 1 aliphatic carbocycles. The lowest BCUT2D eigenvalue weighted by atomic mass is 9.80. The van der Waals surface area contributed by atoms with Gasteiger partial charge in [0.15, 0.2) is 0 Å². The molecule has 0 saturated carbocycles. The van der Waals surface area contributed by atoms with E-state index in [1.165, 1.54) is 33.0 Å². The van der Waals surface area contributed by atoms with Gasteiger partial charge in [0.05, 0.1) is 0 Å². The Morgan fingerprint density at radius 3 is 2.63 bits per heavy atom. The van der Waals surface area contributed by atoms with Gasteiger partial charge < -0.3 is 0 Å². The van der Waals surface area contributed by atoms with Gasteiger partial charge in [0.2, 0.25) is 0 Å². The topological polar surface area (TPSA) is 0 Å². The van der Waals surface area contributed by atoms with Gasteiger partial charge in [-0.05, 0) is 39.1 Å². The molecular weight excluding hydrogens is 228 g/mol. The minimum absolute atomic E-state index is 0.0588. The highest BCUT2D eigenvalue weighted by Crippen LogP contribution is 2.50. The summed E-state index contributed by atoms with van der Waals surface area (Å²) in [5, 5.41) is 2.69. The molecule has 0 N–H and O–H groups in total. The first-order valence-electron chi connectivity index (χ1n) is 6.73. The first-order valence-corrected chi connectivity index (χ1v) is 6.73. The third kappa shape index (κ3) is 1.29. The summed E-state index contributed by atoms with van der Waals surface area (Å²) in [6.07, 6.45) is 0. The number of fused-ring (bicyclic) bond motifs is 5. The number of hydrogen-bond donors (Lipinski definition) is 0. The Bertz CT molecular complexity index is 794. The maximum absolute atomic E-state index is 3.43. The average Bonchev–Trinajstić information content (AvgIpc) is 2.68. The molecule has 0 bridgehead atoms. The zero-order valence-electron chi connectivity index (χ0n) is 11.2. The Labute approximate surface area is 113 Å². The third-order valence-electron chi connectivity index (χ3n) is 4.35. The fraction of sp³-hybridized carbons (Fsp3) is 0.158. The molecule has 0 aliphatic heterocycles. The summed E-state index contributed by atoms with van der Waals surface area (Å²) in [4.78, 5) is 0. The quantitative estimate of drug-likeness (QED) is 0.524. The van der Waals surface area contributed by atoms with Crippen LogP contribution < -0.4 is 0 Å². The molecule has 0 heterocycles. The molecule has 3 aromatic rings. The van der Waals surface area contributed by atoms with Crippen molar-refractivity contribution in [2.75, 3.05) is 0 Å². The second kappa shape index (κ2) is 3.48. The number of hydrogen-bond acceptors (Lipinski definition) is 0. The molecule has 0 saturated heterocycles. The first-order chi connectivity index (χ1) is 9.19. The molecule has 0 nitrogen and oxygen atoms in total. The van der Waals surface area contributed by atoms with Gasteiger partial charge in [0, 0.05) is 5.41 Å². The maximum atomic E-state index is 3.43. The minimum Gasteiger partial charge on any atom is -0.0616 e. The number of benzene rings is 3. The molecule has 4 rings (SSSR count). The van der Waals surface area contributed by atoms with Crippen LogP contribution in [0, 0.1) is 6.07 Å². The number of rotatable bonds is 0. The van der Waals surface area contributed by atoms with Crippen molar-refractivity contribution in [2.45, 2.75) is 19.3 Å². The van der Waals surface area contributed by atoms with Crippen molar-refractivity contribution in [1.29, 1.82) is 0 Å². The zero-order valence-corrected chi connectivity index (χ0v) is 11.2. The molecule has 0 spiro atoms. The molecule has 0 heteroatoms. The lowest BCUT2D eigenvalue weighted by molar-refractivity contribution is 0.666. The van der Waals surface area contributed by atoms with Crippen molar-refractivity contribution in [1.82, 2.24) is 0 Å². The van der Waals surface area contributed by atoms with Crippen molar-refractivity contribution < 1.29 is 0 Å². The summed E-state index contributed by atoms with van der Waals surface area (Å²) < 4.78 is 0. The van der Waals surface area contributed by atoms with Crippen LogP contribution in [0.25, 0.3) is 21.9 Å². The summed E-state index contributed by atoms with van der Waals surface area (Å²) in [6.45, 7) is 4.63. The summed E-state index contributed by atoms with van der Waals surface area (Å²) in [7, 11) is 0. The lowest BCUT2D eigenvalue weighted by Gasteiger charge is -2.23. The summed E-state index contributed by atoms with van der Waals surface area (Å²) in [6, 6.07) is 22.9. The van der Waals surface area contributed by atoms with Gasteiger partial charge in [-0.2, -0.15) is 0 Å². The molecule has 3 aromatic carbocycles. The van der Waals surface area contributed by atoms with Gasteiger partial charge in [0.1, 0.15) is 0 Å². The fourth-order valence-corrected chi connectivity index (χ4v) is 3.47. The Morgan fingerprint density at radius 2 is 1.74 bits per heavy atom. The lowest BCUT2D eigenvalue weighted by Crippen LogP contribution is -2.15. The van der Waals surface area contributed by atoms with E-state index in [9.17, 15) is 0 Å². The van der Waals surface area contributed by atoms with Gasteiger partial charge in [-0.1, -0.05) is 68.4 Å². The van der Waals surface area contributed by atoms with Crippen LogP contribution in [-0.4, -0.2) is 0 Å². The van der Waals surface area contributed by atoms with E-state index in [-0.39, 0.29) is 5.41 Å². The van der Waals surface area contributed by atoms with Gasteiger partial charge in [0.25, 0.3) is 0 Å². The molecule has 1 aliphatic rings. The molecule has 1 radical (unpaired) electrons. The van der Waals surface area contributed by atoms with Crippen LogP contribution in [0.1, 0.15) is 25.0 Å². The van der Waals surface area contributed by atoms with E-state index in [4.69, 9.17) is 0 Å². The van der Waals surface area contributed by atoms with Crippen LogP contribution >= 0.6 is 0 Å². The first kappa shape index (κ1) is 10.8. The Morgan fingerprint density at radius 1 is 0.895 bits per heavy atom. The highest BCUT2D eigenvalue weighted by Gasteiger charge is 2.36. The van der Waals surface area contributed by atoms with E-state index >= 15 is 0 Å². The summed E-state index contributed by atoms with van der Waals surface area (Å²) >= 11 is 0. The maximum Gasteiger partial charge on any atom is 0.0165 e. The monoisotopic (exact) mass is 243 g/mol. The van der Waals surface area contributed by atoms with Crippen molar-refractivity contribution >= 4 is 10.8 Å². The van der Waals surface area contributed by atoms with Crippen LogP contribution in [0.3, 0.4) is 0 Å². The molecule has 0 aromatic heterocycles. The van der Waals surface area contributed by atoms with Gasteiger partial charge in [-0.15, -0.1) is 0 Å². The molecule has 0 unspecified atom stereocenters. The highest BCUT2D eigenvalue weighted by molar-refractivity contribution is 5.97. The Kier molecular flexibility index (Phi) is 1.98. The summed E-state index contributed by atoms with van der Waals surface area (Å²) in [5.74, 6) is 0. The average molecular weight is 243 g/mol. The summed E-state index contributed by atoms with van der Waals surface area (Å²) in [5.41, 5.74) is 5.51. The van der Waals surface area contributed by atoms with Gasteiger partial charge in [-0.25, -0.2) is 0 Å². The molecule has 19 heavy (non-hydrogen) atoms. The molecular formula is C19H15. The molecule has 0 fully saturated rings. The standard InChI is InChI=1S/C19H15/c1-19(2)17-10-6-5-9-15(17)16-12-11-13-7-3-4-8-14(13)18(16)19/h3-8,10-12H,1-2H3. The van der Waals surface area contributed by atoms with Crippen molar-refractivity contribution in [3.63, 3.8) is 0 Å². The van der Waals surface area contributed by atoms with Crippen LogP contribution in [0.5, 0.6) is 0 Å². The minimum atomic E-state index is 0.0588. The normalized spacial score (nSPS) is 15.3. The van der Waals surface area contributed by atoms with E-state index < -0.39 is 0 Å². The SMILES string of the molecule is CC1(C)c2ccc[c]c2-c2ccc3ccccc3c21. The van der Waals surface area contributed by atoms with E-state index in [1.807, 2.05) is 6.07 Å². The second-order valence-corrected chi connectivity index (χ2v) is 5.79. The second-order valence-electron chi connectivity index (χ2n) is 5.79.